The van der Waals surface area contributed by atoms with Crippen molar-refractivity contribution in [3.05, 3.63) is 52.8 Å². The zero-order valence-corrected chi connectivity index (χ0v) is 16.1. The summed E-state index contributed by atoms with van der Waals surface area (Å²) in [5.74, 6) is 1.46. The van der Waals surface area contributed by atoms with E-state index in [1.54, 1.807) is 0 Å². The second-order valence-electron chi connectivity index (χ2n) is 6.82. The van der Waals surface area contributed by atoms with Gasteiger partial charge in [-0.2, -0.15) is 0 Å². The van der Waals surface area contributed by atoms with Crippen LogP contribution in [0.2, 0.25) is 5.02 Å². The monoisotopic (exact) mass is 405 g/mol. The lowest BCUT2D eigenvalue weighted by Gasteiger charge is -2.27. The van der Waals surface area contributed by atoms with Gasteiger partial charge >= 0.3 is 0 Å². The molecular formula is C21H21ClFNO4. The fourth-order valence-corrected chi connectivity index (χ4v) is 3.88. The maximum absolute atomic E-state index is 13.1. The quantitative estimate of drug-likeness (QED) is 0.740. The molecule has 2 aliphatic heterocycles. The van der Waals surface area contributed by atoms with E-state index in [9.17, 15) is 9.18 Å². The summed E-state index contributed by atoms with van der Waals surface area (Å²) >= 11 is 5.95. The van der Waals surface area contributed by atoms with Crippen LogP contribution < -0.4 is 14.2 Å². The SMILES string of the molecule is O=C(CCOc1ccc(F)cc1Cl)N1CCCC1c1ccc2c(c1)OCCO2. The van der Waals surface area contributed by atoms with Crippen LogP contribution in [-0.2, 0) is 4.79 Å². The number of fused-ring (bicyclic) bond motifs is 1. The summed E-state index contributed by atoms with van der Waals surface area (Å²) in [5.41, 5.74) is 1.05. The highest BCUT2D eigenvalue weighted by molar-refractivity contribution is 6.32. The fourth-order valence-electron chi connectivity index (χ4n) is 3.66. The molecule has 1 saturated heterocycles. The van der Waals surface area contributed by atoms with Crippen molar-refractivity contribution in [3.63, 3.8) is 0 Å². The molecule has 0 radical (unpaired) electrons. The first-order valence-electron chi connectivity index (χ1n) is 9.39. The summed E-state index contributed by atoms with van der Waals surface area (Å²) in [6.45, 7) is 2.00. The van der Waals surface area contributed by atoms with Crippen LogP contribution in [0.5, 0.6) is 17.2 Å². The number of likely N-dealkylation sites (tertiary alicyclic amines) is 1. The molecule has 0 N–H and O–H groups in total. The molecule has 1 atom stereocenters. The predicted octanol–water partition coefficient (Wildman–Crippen LogP) is 4.38. The molecule has 5 nitrogen and oxygen atoms in total. The van der Waals surface area contributed by atoms with E-state index in [0.717, 1.165) is 36.4 Å². The number of ether oxygens (including phenoxy) is 3. The molecule has 0 aromatic heterocycles. The molecule has 2 aromatic carbocycles. The maximum atomic E-state index is 13.1. The number of nitrogens with zero attached hydrogens (tertiary/aromatic N) is 1. The molecule has 0 aliphatic carbocycles. The van der Waals surface area contributed by atoms with Gasteiger partial charge in [-0.05, 0) is 48.7 Å². The summed E-state index contributed by atoms with van der Waals surface area (Å²) in [7, 11) is 0. The van der Waals surface area contributed by atoms with Crippen LogP contribution in [0.1, 0.15) is 30.9 Å². The largest absolute Gasteiger partial charge is 0.491 e. The van der Waals surface area contributed by atoms with Crippen LogP contribution in [0, 0.1) is 5.82 Å². The van der Waals surface area contributed by atoms with Crippen molar-refractivity contribution in [1.29, 1.82) is 0 Å². The lowest BCUT2D eigenvalue weighted by molar-refractivity contribution is -0.132. The average molecular weight is 406 g/mol. The van der Waals surface area contributed by atoms with Gasteiger partial charge in [-0.15, -0.1) is 0 Å². The standard InChI is InChI=1S/C21H21ClFNO4/c22-16-13-15(23)4-6-18(16)26-9-7-21(25)24-8-1-2-17(24)14-3-5-19-20(12-14)28-11-10-27-19/h3-6,12-13,17H,1-2,7-11H2. The van der Waals surface area contributed by atoms with Crippen LogP contribution in [-0.4, -0.2) is 37.2 Å². The van der Waals surface area contributed by atoms with Gasteiger partial charge in [0.25, 0.3) is 0 Å². The molecule has 1 fully saturated rings. The van der Waals surface area contributed by atoms with E-state index < -0.39 is 5.82 Å². The third-order valence-electron chi connectivity index (χ3n) is 4.99. The normalized spacial score (nSPS) is 18.2. The lowest BCUT2D eigenvalue weighted by Crippen LogP contribution is -2.31. The highest BCUT2D eigenvalue weighted by Crippen LogP contribution is 2.38. The molecule has 2 heterocycles. The highest BCUT2D eigenvalue weighted by atomic mass is 35.5. The summed E-state index contributed by atoms with van der Waals surface area (Å²) < 4.78 is 29.9. The predicted molar refractivity (Wildman–Crippen MR) is 103 cm³/mol. The maximum Gasteiger partial charge on any atom is 0.226 e. The van der Waals surface area contributed by atoms with Crippen LogP contribution in [0.25, 0.3) is 0 Å². The Kier molecular flexibility index (Phi) is 5.57. The number of benzene rings is 2. The van der Waals surface area contributed by atoms with E-state index in [1.807, 2.05) is 23.1 Å². The second-order valence-corrected chi connectivity index (χ2v) is 7.23. The van der Waals surface area contributed by atoms with E-state index in [4.69, 9.17) is 25.8 Å². The van der Waals surface area contributed by atoms with Gasteiger partial charge in [0.1, 0.15) is 24.8 Å². The topological polar surface area (TPSA) is 48.0 Å². The van der Waals surface area contributed by atoms with E-state index >= 15 is 0 Å². The van der Waals surface area contributed by atoms with Gasteiger partial charge < -0.3 is 19.1 Å². The molecule has 0 saturated carbocycles. The van der Waals surface area contributed by atoms with E-state index in [1.165, 1.54) is 18.2 Å². The highest BCUT2D eigenvalue weighted by Gasteiger charge is 2.30. The van der Waals surface area contributed by atoms with Crippen molar-refractivity contribution in [2.75, 3.05) is 26.4 Å². The van der Waals surface area contributed by atoms with Crippen molar-refractivity contribution < 1.29 is 23.4 Å². The van der Waals surface area contributed by atoms with Gasteiger partial charge in [-0.25, -0.2) is 4.39 Å². The first-order valence-corrected chi connectivity index (χ1v) is 9.76. The first kappa shape index (κ1) is 18.9. The summed E-state index contributed by atoms with van der Waals surface area (Å²) in [4.78, 5) is 14.6. The van der Waals surface area contributed by atoms with E-state index in [2.05, 4.69) is 0 Å². The van der Waals surface area contributed by atoms with Gasteiger partial charge in [0.05, 0.1) is 24.1 Å². The van der Waals surface area contributed by atoms with Crippen molar-refractivity contribution in [2.45, 2.75) is 25.3 Å². The van der Waals surface area contributed by atoms with Crippen LogP contribution in [0.3, 0.4) is 0 Å². The van der Waals surface area contributed by atoms with E-state index in [-0.39, 0.29) is 30.0 Å². The van der Waals surface area contributed by atoms with Gasteiger partial charge in [-0.1, -0.05) is 17.7 Å². The van der Waals surface area contributed by atoms with Gasteiger partial charge in [-0.3, -0.25) is 4.79 Å². The molecule has 7 heteroatoms. The number of halogens is 2. The number of carbonyl (C=O) groups excluding carboxylic acids is 1. The molecular weight excluding hydrogens is 385 g/mol. The smallest absolute Gasteiger partial charge is 0.226 e. The Bertz CT molecular complexity index is 875. The Morgan fingerprint density at radius 3 is 2.82 bits per heavy atom. The molecule has 2 aromatic rings. The van der Waals surface area contributed by atoms with E-state index in [0.29, 0.717) is 19.0 Å². The first-order chi connectivity index (χ1) is 13.6. The molecule has 0 bridgehead atoms. The van der Waals surface area contributed by atoms with Crippen LogP contribution in [0.15, 0.2) is 36.4 Å². The molecule has 1 amide bonds. The Labute approximate surface area is 167 Å². The third kappa shape index (κ3) is 4.02. The van der Waals surface area contributed by atoms with Gasteiger partial charge in [0.15, 0.2) is 11.5 Å². The molecule has 1 unspecified atom stereocenters. The third-order valence-corrected chi connectivity index (χ3v) is 5.29. The van der Waals surface area contributed by atoms with Gasteiger partial charge in [0, 0.05) is 6.54 Å². The molecule has 4 rings (SSSR count). The number of rotatable bonds is 5. The minimum absolute atomic E-state index is 0.0237. The minimum atomic E-state index is -0.423. The van der Waals surface area contributed by atoms with Crippen molar-refractivity contribution >= 4 is 17.5 Å². The van der Waals surface area contributed by atoms with Crippen molar-refractivity contribution in [1.82, 2.24) is 4.90 Å². The zero-order chi connectivity index (χ0) is 19.5. The number of amides is 1. The Balaban J connectivity index is 1.38. The Morgan fingerprint density at radius 1 is 1.18 bits per heavy atom. The summed E-state index contributed by atoms with van der Waals surface area (Å²) in [5, 5.41) is 0.197. The van der Waals surface area contributed by atoms with Crippen LogP contribution in [0.4, 0.5) is 4.39 Å². The minimum Gasteiger partial charge on any atom is -0.491 e. The van der Waals surface area contributed by atoms with Crippen molar-refractivity contribution in [2.24, 2.45) is 0 Å². The molecule has 0 spiro atoms. The molecule has 148 valence electrons. The number of hydrogen-bond donors (Lipinski definition) is 0. The van der Waals surface area contributed by atoms with Crippen LogP contribution >= 0.6 is 11.6 Å². The number of carbonyl (C=O) groups is 1. The Hall–Kier alpha value is -2.47. The van der Waals surface area contributed by atoms with Crippen molar-refractivity contribution in [3.8, 4) is 17.2 Å². The van der Waals surface area contributed by atoms with Gasteiger partial charge in [0.2, 0.25) is 5.91 Å². The summed E-state index contributed by atoms with van der Waals surface area (Å²) in [6, 6.07) is 9.84. The fraction of sp³-hybridized carbons (Fsp3) is 0.381. The zero-order valence-electron chi connectivity index (χ0n) is 15.3. The molecule has 28 heavy (non-hydrogen) atoms. The number of hydrogen-bond acceptors (Lipinski definition) is 4. The lowest BCUT2D eigenvalue weighted by atomic mass is 10.0. The summed E-state index contributed by atoms with van der Waals surface area (Å²) in [6.07, 6.45) is 2.10. The second kappa shape index (κ2) is 8.27. The average Bonchev–Trinajstić information content (AvgIpc) is 3.19. The molecule has 2 aliphatic rings. The Morgan fingerprint density at radius 2 is 2.00 bits per heavy atom.